The summed E-state index contributed by atoms with van der Waals surface area (Å²) in [6.45, 7) is 5.06. The highest BCUT2D eigenvalue weighted by atomic mass is 16.5. The van der Waals surface area contributed by atoms with Gasteiger partial charge in [-0.3, -0.25) is 4.90 Å². The lowest BCUT2D eigenvalue weighted by Crippen LogP contribution is -2.35. The van der Waals surface area contributed by atoms with Crippen molar-refractivity contribution in [3.05, 3.63) is 59.9 Å². The molecule has 1 aliphatic heterocycles. The number of nitrogens with zero attached hydrogens (tertiary/aromatic N) is 5. The molecule has 3 N–H and O–H groups in total. The fourth-order valence-electron chi connectivity index (χ4n) is 3.58. The minimum atomic E-state index is 0.266. The molecule has 1 aliphatic rings. The van der Waals surface area contributed by atoms with Gasteiger partial charge in [-0.05, 0) is 23.3 Å². The van der Waals surface area contributed by atoms with E-state index in [-0.39, 0.29) is 5.95 Å². The van der Waals surface area contributed by atoms with Gasteiger partial charge in [0.05, 0.1) is 19.5 Å². The monoisotopic (exact) mass is 405 g/mol. The van der Waals surface area contributed by atoms with Crippen molar-refractivity contribution >= 4 is 17.4 Å². The summed E-state index contributed by atoms with van der Waals surface area (Å²) < 4.78 is 12.3. The second kappa shape index (κ2) is 8.13. The van der Waals surface area contributed by atoms with Crippen molar-refractivity contribution in [2.24, 2.45) is 0 Å². The second-order valence-electron chi connectivity index (χ2n) is 7.19. The molecule has 5 rings (SSSR count). The van der Waals surface area contributed by atoms with Crippen molar-refractivity contribution in [2.45, 2.75) is 13.1 Å². The molecular formula is C21H23N7O2. The highest BCUT2D eigenvalue weighted by Crippen LogP contribution is 2.20. The Labute approximate surface area is 173 Å². The molecule has 0 unspecified atom stereocenters. The van der Waals surface area contributed by atoms with Crippen molar-refractivity contribution in [2.75, 3.05) is 37.4 Å². The highest BCUT2D eigenvalue weighted by Gasteiger charge is 2.14. The molecule has 9 nitrogen and oxygen atoms in total. The zero-order chi connectivity index (χ0) is 20.3. The maximum absolute atomic E-state index is 6.11. The molecule has 3 aromatic heterocycles. The van der Waals surface area contributed by atoms with Crippen LogP contribution in [-0.2, 0) is 17.8 Å². The van der Waals surface area contributed by atoms with Gasteiger partial charge in [0.25, 0.3) is 0 Å². The van der Waals surface area contributed by atoms with Gasteiger partial charge in [-0.25, -0.2) is 4.98 Å². The molecule has 0 atom stereocenters. The van der Waals surface area contributed by atoms with Gasteiger partial charge in [0.2, 0.25) is 11.8 Å². The number of rotatable bonds is 6. The lowest BCUT2D eigenvalue weighted by Gasteiger charge is -2.27. The highest BCUT2D eigenvalue weighted by molar-refractivity contribution is 5.59. The Morgan fingerprint density at radius 1 is 1.03 bits per heavy atom. The number of nitrogens with one attached hydrogen (secondary N) is 1. The summed E-state index contributed by atoms with van der Waals surface area (Å²) in [5.74, 6) is 1.98. The lowest BCUT2D eigenvalue weighted by atomic mass is 10.1. The normalized spacial score (nSPS) is 14.9. The van der Waals surface area contributed by atoms with Crippen molar-refractivity contribution in [1.82, 2.24) is 24.5 Å². The Kier molecular flexibility index (Phi) is 5.04. The Balaban J connectivity index is 1.34. The summed E-state index contributed by atoms with van der Waals surface area (Å²) in [5.41, 5.74) is 9.23. The zero-order valence-electron chi connectivity index (χ0n) is 16.5. The largest absolute Gasteiger partial charge is 0.461 e. The number of hydrogen-bond acceptors (Lipinski definition) is 8. The van der Waals surface area contributed by atoms with E-state index in [9.17, 15) is 0 Å². The number of nitrogen functional groups attached to an aromatic ring is 1. The van der Waals surface area contributed by atoms with E-state index in [0.717, 1.165) is 32.8 Å². The average molecular weight is 405 g/mol. The maximum atomic E-state index is 6.11. The van der Waals surface area contributed by atoms with Crippen LogP contribution in [0.25, 0.3) is 17.2 Å². The van der Waals surface area contributed by atoms with E-state index in [1.807, 2.05) is 12.1 Å². The molecule has 0 amide bonds. The molecule has 0 saturated carbocycles. The molecule has 1 aromatic carbocycles. The number of hydrogen-bond donors (Lipinski definition) is 2. The second-order valence-corrected chi connectivity index (χ2v) is 7.19. The van der Waals surface area contributed by atoms with Crippen LogP contribution < -0.4 is 11.1 Å². The number of aromatic nitrogens is 4. The van der Waals surface area contributed by atoms with Crippen LogP contribution in [0.1, 0.15) is 11.1 Å². The van der Waals surface area contributed by atoms with Gasteiger partial charge < -0.3 is 20.2 Å². The van der Waals surface area contributed by atoms with E-state index < -0.39 is 0 Å². The number of furan rings is 1. The minimum absolute atomic E-state index is 0.266. The van der Waals surface area contributed by atoms with Gasteiger partial charge >= 0.3 is 0 Å². The fourth-order valence-corrected chi connectivity index (χ4v) is 3.58. The molecule has 9 heteroatoms. The third kappa shape index (κ3) is 3.85. The molecule has 0 radical (unpaired) electrons. The number of fused-ring (bicyclic) bond motifs is 1. The fraction of sp³-hybridized carbons (Fsp3) is 0.286. The molecule has 0 bridgehead atoms. The van der Waals surface area contributed by atoms with Crippen LogP contribution in [0.15, 0.2) is 53.1 Å². The summed E-state index contributed by atoms with van der Waals surface area (Å²) in [6.07, 6.45) is 1.59. The first-order chi connectivity index (χ1) is 14.8. The molecule has 1 saturated heterocycles. The molecule has 1 fully saturated rings. The summed E-state index contributed by atoms with van der Waals surface area (Å²) in [7, 11) is 0. The first kappa shape index (κ1) is 18.6. The van der Waals surface area contributed by atoms with E-state index in [2.05, 4.69) is 49.5 Å². The molecule has 0 aliphatic carbocycles. The first-order valence-electron chi connectivity index (χ1n) is 9.94. The van der Waals surface area contributed by atoms with Crippen LogP contribution in [0.3, 0.4) is 0 Å². The third-order valence-corrected chi connectivity index (χ3v) is 5.17. The van der Waals surface area contributed by atoms with E-state index in [0.29, 0.717) is 29.6 Å². The number of benzene rings is 1. The van der Waals surface area contributed by atoms with Crippen molar-refractivity contribution in [3.63, 3.8) is 0 Å². The SMILES string of the molecule is Nc1nc(NCc2ccccc2CN2CCOCC2)cc2nc(-c3ccco3)nn12. The predicted octanol–water partition coefficient (Wildman–Crippen LogP) is 2.41. The van der Waals surface area contributed by atoms with Crippen LogP contribution in [0.5, 0.6) is 0 Å². The first-order valence-corrected chi connectivity index (χ1v) is 9.94. The quantitative estimate of drug-likeness (QED) is 0.504. The predicted molar refractivity (Wildman–Crippen MR) is 113 cm³/mol. The lowest BCUT2D eigenvalue weighted by molar-refractivity contribution is 0.0341. The summed E-state index contributed by atoms with van der Waals surface area (Å²) in [5, 5.41) is 7.75. The number of ether oxygens (including phenoxy) is 1. The number of anilines is 2. The smallest absolute Gasteiger partial charge is 0.225 e. The van der Waals surface area contributed by atoms with Gasteiger partial charge in [-0.1, -0.05) is 24.3 Å². The average Bonchev–Trinajstić information content (AvgIpc) is 3.44. The van der Waals surface area contributed by atoms with Crippen LogP contribution >= 0.6 is 0 Å². The summed E-state index contributed by atoms with van der Waals surface area (Å²) in [6, 6.07) is 13.9. The van der Waals surface area contributed by atoms with E-state index in [4.69, 9.17) is 14.9 Å². The van der Waals surface area contributed by atoms with E-state index in [1.54, 1.807) is 12.3 Å². The summed E-state index contributed by atoms with van der Waals surface area (Å²) >= 11 is 0. The van der Waals surface area contributed by atoms with Gasteiger partial charge in [-0.15, -0.1) is 5.10 Å². The van der Waals surface area contributed by atoms with Crippen LogP contribution in [-0.4, -0.2) is 50.8 Å². The molecule has 154 valence electrons. The molecule has 4 heterocycles. The topological polar surface area (TPSA) is 107 Å². The van der Waals surface area contributed by atoms with Crippen molar-refractivity contribution < 1.29 is 9.15 Å². The Morgan fingerprint density at radius 2 is 1.87 bits per heavy atom. The van der Waals surface area contributed by atoms with Crippen LogP contribution in [0, 0.1) is 0 Å². The number of morpholine rings is 1. The Morgan fingerprint density at radius 3 is 2.67 bits per heavy atom. The van der Waals surface area contributed by atoms with E-state index in [1.165, 1.54) is 15.6 Å². The maximum Gasteiger partial charge on any atom is 0.225 e. The third-order valence-electron chi connectivity index (χ3n) is 5.17. The van der Waals surface area contributed by atoms with Crippen LogP contribution in [0.4, 0.5) is 11.8 Å². The minimum Gasteiger partial charge on any atom is -0.461 e. The van der Waals surface area contributed by atoms with Gasteiger partial charge in [0.15, 0.2) is 11.4 Å². The standard InChI is InChI=1S/C21H23N7O2/c22-21-24-18(12-19-25-20(26-28(19)21)17-6-3-9-30-17)23-13-15-4-1-2-5-16(15)14-27-7-10-29-11-8-27/h1-6,9,12,23H,7-8,10-11,13-14H2,(H2,22,24). The van der Waals surface area contributed by atoms with Gasteiger partial charge in [-0.2, -0.15) is 9.50 Å². The summed E-state index contributed by atoms with van der Waals surface area (Å²) in [4.78, 5) is 11.3. The molecule has 4 aromatic rings. The zero-order valence-corrected chi connectivity index (χ0v) is 16.5. The molecule has 0 spiro atoms. The van der Waals surface area contributed by atoms with Crippen molar-refractivity contribution in [3.8, 4) is 11.6 Å². The van der Waals surface area contributed by atoms with Gasteiger partial charge in [0.1, 0.15) is 5.82 Å². The Hall–Kier alpha value is -3.43. The van der Waals surface area contributed by atoms with Gasteiger partial charge in [0, 0.05) is 32.2 Å². The molecular weight excluding hydrogens is 382 g/mol. The number of nitrogens with two attached hydrogens (primary N) is 1. The van der Waals surface area contributed by atoms with E-state index >= 15 is 0 Å². The van der Waals surface area contributed by atoms with Crippen LogP contribution in [0.2, 0.25) is 0 Å². The Bertz CT molecular complexity index is 1130. The van der Waals surface area contributed by atoms with Crippen molar-refractivity contribution in [1.29, 1.82) is 0 Å². The molecule has 30 heavy (non-hydrogen) atoms.